The van der Waals surface area contributed by atoms with Crippen LogP contribution in [0.4, 0.5) is 4.39 Å². The second-order valence-electron chi connectivity index (χ2n) is 9.57. The van der Waals surface area contributed by atoms with Crippen LogP contribution in [-0.2, 0) is 11.2 Å². The van der Waals surface area contributed by atoms with E-state index in [1.165, 1.54) is 37.8 Å². The van der Waals surface area contributed by atoms with E-state index in [4.69, 9.17) is 10.7 Å². The highest BCUT2D eigenvalue weighted by atomic mass is 19.1. The SMILES string of the molecule is NC(C(=O)NC1CCC1)=C1CCCCC(Cc2ccc(F)cc2)C1=NC1CCCCC1. The third-order valence-electron chi connectivity index (χ3n) is 7.23. The first kappa shape index (κ1) is 22.0. The number of nitrogens with one attached hydrogen (secondary N) is 1. The molecular weight excluding hydrogens is 389 g/mol. The van der Waals surface area contributed by atoms with E-state index in [1.54, 1.807) is 0 Å². The molecule has 3 N–H and O–H groups in total. The van der Waals surface area contributed by atoms with Crippen molar-refractivity contribution in [2.45, 2.75) is 95.6 Å². The largest absolute Gasteiger partial charge is 0.394 e. The van der Waals surface area contributed by atoms with E-state index in [1.807, 2.05) is 12.1 Å². The smallest absolute Gasteiger partial charge is 0.267 e. The Morgan fingerprint density at radius 2 is 1.68 bits per heavy atom. The number of halogens is 1. The van der Waals surface area contributed by atoms with Gasteiger partial charge in [-0.05, 0) is 75.5 Å². The van der Waals surface area contributed by atoms with Gasteiger partial charge in [0, 0.05) is 23.2 Å². The summed E-state index contributed by atoms with van der Waals surface area (Å²) in [7, 11) is 0. The van der Waals surface area contributed by atoms with Gasteiger partial charge in [-0.15, -0.1) is 0 Å². The van der Waals surface area contributed by atoms with Crippen LogP contribution in [0.2, 0.25) is 0 Å². The molecule has 0 bridgehead atoms. The number of amides is 1. The molecule has 1 atom stereocenters. The number of allylic oxidation sites excluding steroid dienone is 1. The summed E-state index contributed by atoms with van der Waals surface area (Å²) in [5.74, 6) is -0.114. The number of hydrogen-bond acceptors (Lipinski definition) is 3. The molecule has 4 rings (SSSR count). The fraction of sp³-hybridized carbons (Fsp3) is 0.615. The molecule has 0 radical (unpaired) electrons. The maximum Gasteiger partial charge on any atom is 0.267 e. The fourth-order valence-corrected chi connectivity index (χ4v) is 5.12. The summed E-state index contributed by atoms with van der Waals surface area (Å²) in [6.45, 7) is 0. The summed E-state index contributed by atoms with van der Waals surface area (Å²) in [4.78, 5) is 18.2. The summed E-state index contributed by atoms with van der Waals surface area (Å²) in [6, 6.07) is 7.40. The van der Waals surface area contributed by atoms with E-state index in [9.17, 15) is 9.18 Å². The molecule has 1 aromatic carbocycles. The highest BCUT2D eigenvalue weighted by Gasteiger charge is 2.29. The molecule has 0 aromatic heterocycles. The van der Waals surface area contributed by atoms with Gasteiger partial charge in [-0.1, -0.05) is 37.8 Å². The van der Waals surface area contributed by atoms with Gasteiger partial charge in [0.05, 0.1) is 6.04 Å². The number of carbonyl (C=O) groups excluding carboxylic acids is 1. The number of carbonyl (C=O) groups is 1. The average Bonchev–Trinajstić information content (AvgIpc) is 2.95. The van der Waals surface area contributed by atoms with Crippen LogP contribution in [0, 0.1) is 11.7 Å². The lowest BCUT2D eigenvalue weighted by atomic mass is 9.86. The zero-order chi connectivity index (χ0) is 21.6. The van der Waals surface area contributed by atoms with Crippen LogP contribution < -0.4 is 11.1 Å². The lowest BCUT2D eigenvalue weighted by molar-refractivity contribution is -0.118. The van der Waals surface area contributed by atoms with Crippen LogP contribution in [0.25, 0.3) is 0 Å². The van der Waals surface area contributed by atoms with Gasteiger partial charge in [0.25, 0.3) is 5.91 Å². The third-order valence-corrected chi connectivity index (χ3v) is 7.23. The van der Waals surface area contributed by atoms with Crippen molar-refractivity contribution in [3.05, 3.63) is 46.9 Å². The number of aliphatic imine (C=N–C) groups is 1. The van der Waals surface area contributed by atoms with Gasteiger partial charge in [-0.3, -0.25) is 9.79 Å². The average molecular weight is 426 g/mol. The van der Waals surface area contributed by atoms with Crippen molar-refractivity contribution in [1.29, 1.82) is 0 Å². The predicted octanol–water partition coefficient (Wildman–Crippen LogP) is 5.21. The Labute approximate surface area is 185 Å². The number of benzene rings is 1. The standard InChI is InChI=1S/C26H36FN3O/c27-20-15-13-18(14-16-20)17-19-7-4-5-12-23(24(28)26(31)30-22-10-6-11-22)25(19)29-21-8-2-1-3-9-21/h13-16,19,21-22H,1-12,17,28H2,(H,30,31). The Kier molecular flexibility index (Phi) is 7.41. The Morgan fingerprint density at radius 1 is 0.968 bits per heavy atom. The lowest BCUT2D eigenvalue weighted by Gasteiger charge is -2.28. The molecule has 5 heteroatoms. The minimum atomic E-state index is -0.210. The van der Waals surface area contributed by atoms with Crippen molar-refractivity contribution in [2.75, 3.05) is 0 Å². The number of nitrogens with two attached hydrogens (primary N) is 1. The van der Waals surface area contributed by atoms with E-state index in [-0.39, 0.29) is 23.7 Å². The highest BCUT2D eigenvalue weighted by Crippen LogP contribution is 2.32. The number of hydrogen-bond donors (Lipinski definition) is 2. The van der Waals surface area contributed by atoms with Crippen LogP contribution >= 0.6 is 0 Å². The van der Waals surface area contributed by atoms with Gasteiger partial charge in [0.2, 0.25) is 0 Å². The molecule has 3 fully saturated rings. The molecule has 3 aliphatic rings. The van der Waals surface area contributed by atoms with E-state index in [0.717, 1.165) is 74.6 Å². The molecule has 0 aliphatic heterocycles. The summed E-state index contributed by atoms with van der Waals surface area (Å²) in [5, 5.41) is 3.11. The van der Waals surface area contributed by atoms with Crippen LogP contribution in [0.3, 0.4) is 0 Å². The maximum absolute atomic E-state index is 13.4. The molecule has 1 unspecified atom stereocenters. The molecule has 0 saturated heterocycles. The second kappa shape index (κ2) is 10.4. The molecule has 3 saturated carbocycles. The van der Waals surface area contributed by atoms with Gasteiger partial charge in [-0.2, -0.15) is 0 Å². The highest BCUT2D eigenvalue weighted by molar-refractivity contribution is 6.09. The molecule has 168 valence electrons. The predicted molar refractivity (Wildman–Crippen MR) is 123 cm³/mol. The third kappa shape index (κ3) is 5.75. The molecule has 4 nitrogen and oxygen atoms in total. The number of nitrogens with zero attached hydrogens (tertiary/aromatic N) is 1. The Balaban J connectivity index is 1.64. The molecule has 0 heterocycles. The molecule has 3 aliphatic carbocycles. The van der Waals surface area contributed by atoms with Crippen LogP contribution in [0.1, 0.15) is 82.6 Å². The quantitative estimate of drug-likeness (QED) is 0.502. The maximum atomic E-state index is 13.4. The van der Waals surface area contributed by atoms with Crippen molar-refractivity contribution in [1.82, 2.24) is 5.32 Å². The van der Waals surface area contributed by atoms with Crippen molar-refractivity contribution in [3.8, 4) is 0 Å². The van der Waals surface area contributed by atoms with Gasteiger partial charge < -0.3 is 11.1 Å². The first-order valence-corrected chi connectivity index (χ1v) is 12.2. The van der Waals surface area contributed by atoms with Crippen LogP contribution in [0.15, 0.2) is 40.5 Å². The molecule has 31 heavy (non-hydrogen) atoms. The second-order valence-corrected chi connectivity index (χ2v) is 9.57. The Bertz CT molecular complexity index is 820. The first-order valence-electron chi connectivity index (χ1n) is 12.2. The Hall–Kier alpha value is -2.17. The van der Waals surface area contributed by atoms with Crippen LogP contribution in [-0.4, -0.2) is 23.7 Å². The minimum absolute atomic E-state index is 0.126. The minimum Gasteiger partial charge on any atom is -0.394 e. The van der Waals surface area contributed by atoms with E-state index in [0.29, 0.717) is 11.7 Å². The van der Waals surface area contributed by atoms with Gasteiger partial charge in [-0.25, -0.2) is 4.39 Å². The summed E-state index contributed by atoms with van der Waals surface area (Å²) in [6.07, 6.45) is 14.0. The van der Waals surface area contributed by atoms with E-state index >= 15 is 0 Å². The van der Waals surface area contributed by atoms with E-state index in [2.05, 4.69) is 5.32 Å². The lowest BCUT2D eigenvalue weighted by Crippen LogP contribution is -2.42. The molecular formula is C26H36FN3O. The summed E-state index contributed by atoms with van der Waals surface area (Å²) in [5.41, 5.74) is 9.99. The van der Waals surface area contributed by atoms with Crippen molar-refractivity contribution in [3.63, 3.8) is 0 Å². The van der Waals surface area contributed by atoms with Gasteiger partial charge >= 0.3 is 0 Å². The monoisotopic (exact) mass is 425 g/mol. The van der Waals surface area contributed by atoms with Crippen LogP contribution in [0.5, 0.6) is 0 Å². The number of rotatable bonds is 5. The fourth-order valence-electron chi connectivity index (χ4n) is 5.12. The topological polar surface area (TPSA) is 67.5 Å². The zero-order valence-corrected chi connectivity index (χ0v) is 18.5. The normalized spacial score (nSPS) is 26.2. The molecule has 0 spiro atoms. The summed E-state index contributed by atoms with van der Waals surface area (Å²) < 4.78 is 13.4. The Morgan fingerprint density at radius 3 is 2.35 bits per heavy atom. The van der Waals surface area contributed by atoms with Crippen molar-refractivity contribution in [2.24, 2.45) is 16.6 Å². The molecule has 1 amide bonds. The van der Waals surface area contributed by atoms with Gasteiger partial charge in [0.1, 0.15) is 11.5 Å². The molecule has 1 aromatic rings. The van der Waals surface area contributed by atoms with Crippen molar-refractivity contribution < 1.29 is 9.18 Å². The first-order chi connectivity index (χ1) is 15.1. The summed E-state index contributed by atoms with van der Waals surface area (Å²) >= 11 is 0. The zero-order valence-electron chi connectivity index (χ0n) is 18.5. The van der Waals surface area contributed by atoms with E-state index < -0.39 is 0 Å². The van der Waals surface area contributed by atoms with Gasteiger partial charge in [0.15, 0.2) is 0 Å². The van der Waals surface area contributed by atoms with Crippen molar-refractivity contribution >= 4 is 11.6 Å².